The van der Waals surface area contributed by atoms with Crippen molar-refractivity contribution in [2.24, 2.45) is 0 Å². The molecule has 0 heterocycles. The van der Waals surface area contributed by atoms with Crippen LogP contribution in [0.3, 0.4) is 0 Å². The molecular weight excluding hydrogens is 362 g/mol. The Bertz CT molecular complexity index is 675. The summed E-state index contributed by atoms with van der Waals surface area (Å²) in [6.45, 7) is 5.01. The van der Waals surface area contributed by atoms with Crippen LogP contribution in [0.4, 0.5) is 0 Å². The van der Waals surface area contributed by atoms with E-state index in [9.17, 15) is 10.2 Å². The van der Waals surface area contributed by atoms with E-state index in [-0.39, 0.29) is 5.75 Å². The van der Waals surface area contributed by atoms with E-state index in [1.807, 2.05) is 13.0 Å². The quantitative estimate of drug-likeness (QED) is 0.372. The molecule has 160 valence electrons. The van der Waals surface area contributed by atoms with Gasteiger partial charge in [0.15, 0.2) is 0 Å². The van der Waals surface area contributed by atoms with Gasteiger partial charge in [-0.15, -0.1) is 0 Å². The van der Waals surface area contributed by atoms with Gasteiger partial charge in [-0.3, -0.25) is 0 Å². The summed E-state index contributed by atoms with van der Waals surface area (Å²) in [6.07, 6.45) is 7.51. The van der Waals surface area contributed by atoms with E-state index in [2.05, 4.69) is 35.6 Å². The molecule has 0 fully saturated rings. The zero-order chi connectivity index (χ0) is 20.7. The van der Waals surface area contributed by atoms with E-state index in [1.54, 1.807) is 12.1 Å². The number of ether oxygens (including phenoxy) is 1. The average Bonchev–Trinajstić information content (AvgIpc) is 2.74. The first-order valence-corrected chi connectivity index (χ1v) is 11.0. The third kappa shape index (κ3) is 9.93. The number of benzene rings is 2. The first-order chi connectivity index (χ1) is 14.2. The van der Waals surface area contributed by atoms with E-state index in [4.69, 9.17) is 4.74 Å². The van der Waals surface area contributed by atoms with Gasteiger partial charge in [0.25, 0.3) is 0 Å². The molecule has 0 aliphatic carbocycles. The van der Waals surface area contributed by atoms with Gasteiger partial charge in [0, 0.05) is 19.8 Å². The van der Waals surface area contributed by atoms with Crippen LogP contribution in [0.15, 0.2) is 48.5 Å². The van der Waals surface area contributed by atoms with E-state index < -0.39 is 6.10 Å². The molecule has 0 aliphatic heterocycles. The molecule has 0 aromatic heterocycles. The number of hydrogen-bond donors (Lipinski definition) is 3. The first-order valence-electron chi connectivity index (χ1n) is 11.0. The minimum Gasteiger partial charge on any atom is -0.508 e. The van der Waals surface area contributed by atoms with Crippen molar-refractivity contribution < 1.29 is 14.9 Å². The summed E-state index contributed by atoms with van der Waals surface area (Å²) in [5, 5.41) is 23.1. The molecule has 0 aliphatic rings. The van der Waals surface area contributed by atoms with Crippen LogP contribution in [0.1, 0.15) is 61.3 Å². The van der Waals surface area contributed by atoms with Crippen LogP contribution < -0.4 is 5.32 Å². The van der Waals surface area contributed by atoms with Crippen LogP contribution in [0.25, 0.3) is 0 Å². The van der Waals surface area contributed by atoms with Crippen molar-refractivity contribution in [1.82, 2.24) is 5.32 Å². The second-order valence-corrected chi connectivity index (χ2v) is 7.74. The van der Waals surface area contributed by atoms with Crippen molar-refractivity contribution in [2.45, 2.75) is 58.0 Å². The number of phenols is 1. The van der Waals surface area contributed by atoms with Crippen molar-refractivity contribution >= 4 is 0 Å². The van der Waals surface area contributed by atoms with Gasteiger partial charge in [0.05, 0.1) is 6.10 Å². The Hall–Kier alpha value is -1.88. The highest BCUT2D eigenvalue weighted by atomic mass is 16.5. The molecule has 2 aromatic carbocycles. The molecule has 4 heteroatoms. The number of aliphatic hydroxyl groups is 1. The van der Waals surface area contributed by atoms with E-state index in [0.29, 0.717) is 6.54 Å². The molecule has 0 unspecified atom stereocenters. The topological polar surface area (TPSA) is 61.7 Å². The average molecular weight is 400 g/mol. The van der Waals surface area contributed by atoms with Crippen molar-refractivity contribution in [2.75, 3.05) is 26.3 Å². The van der Waals surface area contributed by atoms with Crippen molar-refractivity contribution in [3.05, 3.63) is 65.2 Å². The molecule has 4 nitrogen and oxygen atoms in total. The summed E-state index contributed by atoms with van der Waals surface area (Å²) in [5.74, 6) is 0.269. The SMILES string of the molecule is Cc1cc([C@H](O)CNCCCCCCOCCCCc2ccccc2)ccc1O. The highest BCUT2D eigenvalue weighted by molar-refractivity contribution is 5.35. The Balaban J connectivity index is 1.36. The minimum absolute atomic E-state index is 0.269. The number of aryl methyl sites for hydroxylation is 2. The number of nitrogens with one attached hydrogen (secondary N) is 1. The van der Waals surface area contributed by atoms with E-state index in [1.165, 1.54) is 24.8 Å². The molecule has 0 saturated carbocycles. The van der Waals surface area contributed by atoms with Crippen LogP contribution >= 0.6 is 0 Å². The Morgan fingerprint density at radius 2 is 1.62 bits per heavy atom. The van der Waals surface area contributed by atoms with Gasteiger partial charge in [-0.1, -0.05) is 49.2 Å². The molecule has 2 rings (SSSR count). The van der Waals surface area contributed by atoms with Gasteiger partial charge < -0.3 is 20.3 Å². The smallest absolute Gasteiger partial charge is 0.118 e. The standard InChI is InChI=1S/C25H37NO3/c1-21-19-23(14-15-24(21)27)25(28)20-26-16-8-2-3-9-17-29-18-10-7-13-22-11-5-4-6-12-22/h4-6,11-12,14-15,19,25-28H,2-3,7-10,13,16-18,20H2,1H3/t25-/m1/s1. The highest BCUT2D eigenvalue weighted by Gasteiger charge is 2.08. The van der Waals surface area contributed by atoms with Crippen LogP contribution in [0, 0.1) is 6.92 Å². The Morgan fingerprint density at radius 3 is 2.38 bits per heavy atom. The minimum atomic E-state index is -0.537. The monoisotopic (exact) mass is 399 g/mol. The normalized spacial score (nSPS) is 12.2. The van der Waals surface area contributed by atoms with Gasteiger partial charge in [-0.2, -0.15) is 0 Å². The van der Waals surface area contributed by atoms with Crippen molar-refractivity contribution in [1.29, 1.82) is 0 Å². The van der Waals surface area contributed by atoms with Gasteiger partial charge >= 0.3 is 0 Å². The summed E-state index contributed by atoms with van der Waals surface area (Å²) in [6, 6.07) is 15.9. The van der Waals surface area contributed by atoms with Crippen LogP contribution in [0.5, 0.6) is 5.75 Å². The summed E-state index contributed by atoms with van der Waals surface area (Å²) in [7, 11) is 0. The lowest BCUT2D eigenvalue weighted by atomic mass is 10.1. The third-order valence-electron chi connectivity index (χ3n) is 5.18. The maximum absolute atomic E-state index is 10.2. The molecule has 0 radical (unpaired) electrons. The number of hydrogen-bond acceptors (Lipinski definition) is 4. The van der Waals surface area contributed by atoms with Crippen LogP contribution in [0.2, 0.25) is 0 Å². The number of aromatic hydroxyl groups is 1. The fourth-order valence-corrected chi connectivity index (χ4v) is 3.33. The van der Waals surface area contributed by atoms with Crippen LogP contribution in [-0.2, 0) is 11.2 Å². The molecule has 2 aromatic rings. The zero-order valence-electron chi connectivity index (χ0n) is 17.8. The molecular formula is C25H37NO3. The Labute approximate surface area is 175 Å². The molecule has 29 heavy (non-hydrogen) atoms. The van der Waals surface area contributed by atoms with Gasteiger partial charge in [0.1, 0.15) is 5.75 Å². The fourth-order valence-electron chi connectivity index (χ4n) is 3.33. The van der Waals surface area contributed by atoms with Gasteiger partial charge in [0.2, 0.25) is 0 Å². The number of phenolic OH excluding ortho intramolecular Hbond substituents is 1. The zero-order valence-corrected chi connectivity index (χ0v) is 17.8. The van der Waals surface area contributed by atoms with Crippen molar-refractivity contribution in [3.8, 4) is 5.75 Å². The third-order valence-corrected chi connectivity index (χ3v) is 5.18. The lowest BCUT2D eigenvalue weighted by Crippen LogP contribution is -2.22. The second-order valence-electron chi connectivity index (χ2n) is 7.74. The van der Waals surface area contributed by atoms with Crippen molar-refractivity contribution in [3.63, 3.8) is 0 Å². The maximum atomic E-state index is 10.2. The fraction of sp³-hybridized carbons (Fsp3) is 0.520. The molecule has 0 saturated heterocycles. The van der Waals surface area contributed by atoms with E-state index in [0.717, 1.165) is 56.6 Å². The first kappa shape index (κ1) is 23.4. The maximum Gasteiger partial charge on any atom is 0.118 e. The van der Waals surface area contributed by atoms with Gasteiger partial charge in [-0.05, 0) is 74.4 Å². The molecule has 1 atom stereocenters. The Kier molecular flexibility index (Phi) is 11.4. The number of aliphatic hydroxyl groups excluding tert-OH is 1. The predicted octanol–water partition coefficient (Wildman–Crippen LogP) is 4.92. The second kappa shape index (κ2) is 14.2. The largest absolute Gasteiger partial charge is 0.508 e. The molecule has 0 bridgehead atoms. The lowest BCUT2D eigenvalue weighted by molar-refractivity contribution is 0.126. The van der Waals surface area contributed by atoms with E-state index >= 15 is 0 Å². The summed E-state index contributed by atoms with van der Waals surface area (Å²) < 4.78 is 5.73. The highest BCUT2D eigenvalue weighted by Crippen LogP contribution is 2.21. The summed E-state index contributed by atoms with van der Waals surface area (Å²) in [5.41, 5.74) is 3.04. The predicted molar refractivity (Wildman–Crippen MR) is 119 cm³/mol. The molecule has 0 amide bonds. The van der Waals surface area contributed by atoms with Gasteiger partial charge in [-0.25, -0.2) is 0 Å². The molecule has 0 spiro atoms. The van der Waals surface area contributed by atoms with Crippen LogP contribution in [-0.4, -0.2) is 36.5 Å². The lowest BCUT2D eigenvalue weighted by Gasteiger charge is -2.13. The Morgan fingerprint density at radius 1 is 0.897 bits per heavy atom. The number of unbranched alkanes of at least 4 members (excludes halogenated alkanes) is 4. The molecule has 3 N–H and O–H groups in total. The summed E-state index contributed by atoms with van der Waals surface area (Å²) >= 11 is 0. The number of rotatable bonds is 15. The summed E-state index contributed by atoms with van der Waals surface area (Å²) in [4.78, 5) is 0.